The Morgan fingerprint density at radius 3 is 2.81 bits per heavy atom. The van der Waals surface area contributed by atoms with E-state index in [4.69, 9.17) is 11.6 Å². The van der Waals surface area contributed by atoms with Crippen molar-refractivity contribution in [3.63, 3.8) is 0 Å². The molecular weight excluding hydrogens is 446 g/mol. The van der Waals surface area contributed by atoms with Gasteiger partial charge in [0.2, 0.25) is 5.91 Å². The maximum atomic E-state index is 13.0. The highest BCUT2D eigenvalue weighted by atomic mass is 35.5. The first-order valence-corrected chi connectivity index (χ1v) is 11.8. The fourth-order valence-electron chi connectivity index (χ4n) is 4.10. The molecule has 1 aromatic carbocycles. The number of benzene rings is 1. The summed E-state index contributed by atoms with van der Waals surface area (Å²) >= 11 is 7.57. The van der Waals surface area contributed by atoms with Crippen LogP contribution in [-0.2, 0) is 30.7 Å². The van der Waals surface area contributed by atoms with E-state index < -0.39 is 0 Å². The molecule has 0 aliphatic heterocycles. The Balaban J connectivity index is 1.26. The van der Waals surface area contributed by atoms with E-state index in [-0.39, 0.29) is 24.4 Å². The van der Waals surface area contributed by atoms with E-state index in [0.29, 0.717) is 17.4 Å². The van der Waals surface area contributed by atoms with E-state index in [1.165, 1.54) is 16.9 Å². The lowest BCUT2D eigenvalue weighted by molar-refractivity contribution is -0.116. The number of carbonyl (C=O) groups is 1. The first kappa shape index (κ1) is 20.9. The van der Waals surface area contributed by atoms with Crippen molar-refractivity contribution in [2.24, 2.45) is 0 Å². The molecule has 0 fully saturated rings. The van der Waals surface area contributed by atoms with Crippen molar-refractivity contribution in [2.75, 3.05) is 5.32 Å². The smallest absolute Gasteiger partial charge is 0.262 e. The Kier molecular flexibility index (Phi) is 5.80. The average Bonchev–Trinajstić information content (AvgIpc) is 3.39. The number of carbonyl (C=O) groups excluding carboxylic acids is 1. The van der Waals surface area contributed by atoms with E-state index in [0.717, 1.165) is 35.0 Å². The number of aromatic nitrogens is 4. The highest BCUT2D eigenvalue weighted by Gasteiger charge is 2.20. The Hall–Kier alpha value is -2.97. The van der Waals surface area contributed by atoms with Gasteiger partial charge in [0, 0.05) is 28.9 Å². The van der Waals surface area contributed by atoms with Gasteiger partial charge >= 0.3 is 0 Å². The predicted molar refractivity (Wildman–Crippen MR) is 127 cm³/mol. The lowest BCUT2D eigenvalue weighted by atomic mass is 9.97. The lowest BCUT2D eigenvalue weighted by Gasteiger charge is -2.11. The van der Waals surface area contributed by atoms with Crippen molar-refractivity contribution < 1.29 is 4.79 Å². The fraction of sp³-hybridized carbons (Fsp3) is 0.304. The molecule has 0 unspecified atom stereocenters. The Labute approximate surface area is 193 Å². The summed E-state index contributed by atoms with van der Waals surface area (Å²) in [5.41, 5.74) is 2.15. The highest BCUT2D eigenvalue weighted by molar-refractivity contribution is 7.18. The summed E-state index contributed by atoms with van der Waals surface area (Å²) < 4.78 is 3.27. The zero-order chi connectivity index (χ0) is 22.1. The summed E-state index contributed by atoms with van der Waals surface area (Å²) in [5, 5.41) is 8.61. The Morgan fingerprint density at radius 2 is 1.97 bits per heavy atom. The molecule has 0 bridgehead atoms. The molecule has 3 heterocycles. The molecule has 0 saturated carbocycles. The van der Waals surface area contributed by atoms with Crippen molar-refractivity contribution >= 4 is 44.9 Å². The van der Waals surface area contributed by atoms with Crippen molar-refractivity contribution in [1.29, 1.82) is 0 Å². The second-order valence-corrected chi connectivity index (χ2v) is 9.45. The quantitative estimate of drug-likeness (QED) is 0.459. The van der Waals surface area contributed by atoms with Crippen LogP contribution in [0.1, 0.15) is 35.3 Å². The third-order valence-electron chi connectivity index (χ3n) is 5.75. The maximum Gasteiger partial charge on any atom is 0.262 e. The zero-order valence-electron chi connectivity index (χ0n) is 17.4. The van der Waals surface area contributed by atoms with Crippen LogP contribution in [0.2, 0.25) is 5.02 Å². The fourth-order valence-corrected chi connectivity index (χ4v) is 5.44. The van der Waals surface area contributed by atoms with Gasteiger partial charge in [-0.2, -0.15) is 5.10 Å². The van der Waals surface area contributed by atoms with Crippen molar-refractivity contribution in [2.45, 2.75) is 45.2 Å². The van der Waals surface area contributed by atoms with Crippen LogP contribution in [0.5, 0.6) is 0 Å². The number of fused-ring (bicyclic) bond motifs is 3. The van der Waals surface area contributed by atoms with Crippen LogP contribution in [-0.4, -0.2) is 25.2 Å². The minimum Gasteiger partial charge on any atom is -0.311 e. The molecule has 1 N–H and O–H groups in total. The third-order valence-corrected chi connectivity index (χ3v) is 7.20. The molecule has 0 atom stereocenters. The molecule has 4 aromatic rings. The van der Waals surface area contributed by atoms with Gasteiger partial charge in [-0.15, -0.1) is 11.3 Å². The second kappa shape index (κ2) is 8.88. The molecule has 164 valence electrons. The number of rotatable bonds is 6. The van der Waals surface area contributed by atoms with Crippen LogP contribution in [0.3, 0.4) is 0 Å². The van der Waals surface area contributed by atoms with E-state index in [1.807, 2.05) is 24.3 Å². The molecule has 3 aromatic heterocycles. The van der Waals surface area contributed by atoms with Crippen LogP contribution in [0.15, 0.2) is 47.7 Å². The SMILES string of the molecule is O=C(CCn1cnc2sc3c(c2c1=O)CCCC3)Nc1ccnn1Cc1ccc(Cl)cc1. The third kappa shape index (κ3) is 4.20. The van der Waals surface area contributed by atoms with E-state index >= 15 is 0 Å². The number of hydrogen-bond acceptors (Lipinski definition) is 5. The molecule has 1 aliphatic carbocycles. The van der Waals surface area contributed by atoms with Gasteiger partial charge in [-0.25, -0.2) is 9.67 Å². The normalized spacial score (nSPS) is 13.3. The van der Waals surface area contributed by atoms with Crippen LogP contribution >= 0.6 is 22.9 Å². The van der Waals surface area contributed by atoms with Crippen LogP contribution in [0, 0.1) is 0 Å². The summed E-state index contributed by atoms with van der Waals surface area (Å²) in [4.78, 5) is 32.2. The van der Waals surface area contributed by atoms with E-state index in [9.17, 15) is 9.59 Å². The molecule has 32 heavy (non-hydrogen) atoms. The first-order valence-electron chi connectivity index (χ1n) is 10.6. The molecule has 1 amide bonds. The Bertz CT molecular complexity index is 1340. The lowest BCUT2D eigenvalue weighted by Crippen LogP contribution is -2.24. The van der Waals surface area contributed by atoms with Crippen LogP contribution < -0.4 is 10.9 Å². The number of nitrogens with zero attached hydrogens (tertiary/aromatic N) is 4. The van der Waals surface area contributed by atoms with Gasteiger partial charge in [-0.3, -0.25) is 14.2 Å². The molecule has 5 rings (SSSR count). The molecule has 7 nitrogen and oxygen atoms in total. The monoisotopic (exact) mass is 467 g/mol. The van der Waals surface area contributed by atoms with E-state index in [2.05, 4.69) is 15.4 Å². The maximum absolute atomic E-state index is 13.0. The number of amides is 1. The van der Waals surface area contributed by atoms with Crippen molar-refractivity contribution in [3.8, 4) is 0 Å². The van der Waals surface area contributed by atoms with Crippen LogP contribution in [0.4, 0.5) is 5.82 Å². The number of anilines is 1. The first-order chi connectivity index (χ1) is 15.6. The Morgan fingerprint density at radius 1 is 1.16 bits per heavy atom. The standard InChI is InChI=1S/C23H22ClN5O2S/c24-16-7-5-15(6-8-16)13-29-19(9-11-26-29)27-20(30)10-12-28-14-25-22-21(23(28)31)17-3-1-2-4-18(17)32-22/h5-9,11,14H,1-4,10,12-13H2,(H,27,30). The van der Waals surface area contributed by atoms with Gasteiger partial charge in [0.15, 0.2) is 0 Å². The summed E-state index contributed by atoms with van der Waals surface area (Å²) in [5.74, 6) is 0.431. The molecule has 0 spiro atoms. The topological polar surface area (TPSA) is 81.8 Å². The van der Waals surface area contributed by atoms with Gasteiger partial charge in [0.25, 0.3) is 5.56 Å². The van der Waals surface area contributed by atoms with Gasteiger partial charge in [-0.05, 0) is 48.9 Å². The molecule has 0 radical (unpaired) electrons. The number of aryl methyl sites for hydroxylation is 3. The average molecular weight is 468 g/mol. The largest absolute Gasteiger partial charge is 0.311 e. The van der Waals surface area contributed by atoms with Gasteiger partial charge < -0.3 is 5.32 Å². The van der Waals surface area contributed by atoms with Gasteiger partial charge in [0.05, 0.1) is 24.5 Å². The number of hydrogen-bond donors (Lipinski definition) is 1. The molecular formula is C23H22ClN5O2S. The predicted octanol–water partition coefficient (Wildman–Crippen LogP) is 4.26. The van der Waals surface area contributed by atoms with Crippen molar-refractivity contribution in [1.82, 2.24) is 19.3 Å². The number of thiophene rings is 1. The molecule has 1 aliphatic rings. The minimum absolute atomic E-state index is 0.0463. The summed E-state index contributed by atoms with van der Waals surface area (Å²) in [6, 6.07) is 9.26. The van der Waals surface area contributed by atoms with Crippen molar-refractivity contribution in [3.05, 3.63) is 74.2 Å². The van der Waals surface area contributed by atoms with Crippen LogP contribution in [0.25, 0.3) is 10.2 Å². The summed E-state index contributed by atoms with van der Waals surface area (Å²) in [6.07, 6.45) is 7.63. The zero-order valence-corrected chi connectivity index (χ0v) is 19.0. The molecule has 0 saturated heterocycles. The minimum atomic E-state index is -0.179. The second-order valence-electron chi connectivity index (χ2n) is 7.93. The van der Waals surface area contributed by atoms with E-state index in [1.54, 1.807) is 39.2 Å². The molecule has 9 heteroatoms. The van der Waals surface area contributed by atoms with Gasteiger partial charge in [-0.1, -0.05) is 23.7 Å². The number of nitrogens with one attached hydrogen (secondary N) is 1. The number of halogens is 1. The summed E-state index contributed by atoms with van der Waals surface area (Å²) in [6.45, 7) is 0.798. The van der Waals surface area contributed by atoms with Gasteiger partial charge in [0.1, 0.15) is 10.6 Å². The summed E-state index contributed by atoms with van der Waals surface area (Å²) in [7, 11) is 0. The highest BCUT2D eigenvalue weighted by Crippen LogP contribution is 2.33.